The molecule has 1 fully saturated rings. The zero-order valence-corrected chi connectivity index (χ0v) is 9.87. The zero-order chi connectivity index (χ0) is 12.5. The molecule has 0 radical (unpaired) electrons. The van der Waals surface area contributed by atoms with E-state index in [4.69, 9.17) is 14.6 Å². The van der Waals surface area contributed by atoms with Crippen molar-refractivity contribution in [3.05, 3.63) is 29.6 Å². The summed E-state index contributed by atoms with van der Waals surface area (Å²) < 4.78 is 24.5. The van der Waals surface area contributed by atoms with Crippen LogP contribution in [-0.2, 0) is 9.31 Å². The van der Waals surface area contributed by atoms with E-state index in [-0.39, 0.29) is 11.0 Å². The molecule has 0 spiro atoms. The number of halogens is 1. The molecule has 88 valence electrons. The summed E-state index contributed by atoms with van der Waals surface area (Å²) in [5.41, 5.74) is 0.414. The van der Waals surface area contributed by atoms with Crippen LogP contribution in [0.5, 0.6) is 0 Å². The summed E-state index contributed by atoms with van der Waals surface area (Å²) in [6, 6.07) is 6.32. The summed E-state index contributed by atoms with van der Waals surface area (Å²) in [6.45, 7) is 5.11. The number of benzene rings is 1. The minimum Gasteiger partial charge on any atom is -0.407 e. The van der Waals surface area contributed by atoms with E-state index < -0.39 is 12.9 Å². The molecular weight excluding hydrogens is 220 g/mol. The number of nitrogens with zero attached hydrogens (tertiary/aromatic N) is 1. The van der Waals surface area contributed by atoms with Gasteiger partial charge in [-0.15, -0.1) is 0 Å². The first-order valence-corrected chi connectivity index (χ1v) is 5.45. The quantitative estimate of drug-likeness (QED) is 0.689. The van der Waals surface area contributed by atoms with Crippen molar-refractivity contribution in [2.24, 2.45) is 5.41 Å². The minimum atomic E-state index is -0.645. The average molecular weight is 233 g/mol. The molecule has 1 aromatic carbocycles. The standard InChI is InChI=1S/C12H13BFNO2/c1-12(2)7-16-13(17-8-12)10-4-3-5-11(14)9(10)6-15/h3-5H,7-8H2,1-2H3. The molecule has 3 nitrogen and oxygen atoms in total. The fourth-order valence-corrected chi connectivity index (χ4v) is 1.73. The minimum absolute atomic E-state index is 0.00259. The molecule has 0 amide bonds. The summed E-state index contributed by atoms with van der Waals surface area (Å²) in [5.74, 6) is -0.540. The van der Waals surface area contributed by atoms with E-state index in [0.29, 0.717) is 18.7 Å². The van der Waals surface area contributed by atoms with Crippen molar-refractivity contribution in [2.75, 3.05) is 13.2 Å². The Kier molecular flexibility index (Phi) is 3.18. The fourth-order valence-electron chi connectivity index (χ4n) is 1.73. The highest BCUT2D eigenvalue weighted by molar-refractivity contribution is 6.62. The molecule has 0 N–H and O–H groups in total. The van der Waals surface area contributed by atoms with Crippen LogP contribution in [0, 0.1) is 22.6 Å². The lowest BCUT2D eigenvalue weighted by Gasteiger charge is -2.33. The van der Waals surface area contributed by atoms with E-state index in [1.54, 1.807) is 12.1 Å². The molecule has 1 saturated heterocycles. The van der Waals surface area contributed by atoms with Crippen LogP contribution in [0.25, 0.3) is 0 Å². The molecule has 1 aliphatic heterocycles. The second-order valence-electron chi connectivity index (χ2n) is 4.93. The zero-order valence-electron chi connectivity index (χ0n) is 9.87. The molecule has 1 heterocycles. The Labute approximate surface area is 100 Å². The molecule has 17 heavy (non-hydrogen) atoms. The summed E-state index contributed by atoms with van der Waals surface area (Å²) in [5, 5.41) is 8.93. The van der Waals surface area contributed by atoms with Gasteiger partial charge in [0.05, 0.1) is 5.56 Å². The van der Waals surface area contributed by atoms with Crippen molar-refractivity contribution < 1.29 is 13.7 Å². The molecule has 2 rings (SSSR count). The lowest BCUT2D eigenvalue weighted by molar-refractivity contribution is 0.0342. The largest absolute Gasteiger partial charge is 0.495 e. The van der Waals surface area contributed by atoms with Crippen molar-refractivity contribution in [1.29, 1.82) is 5.26 Å². The van der Waals surface area contributed by atoms with E-state index in [1.807, 2.05) is 19.9 Å². The third-order valence-electron chi connectivity index (χ3n) is 2.66. The van der Waals surface area contributed by atoms with Gasteiger partial charge >= 0.3 is 7.12 Å². The first-order chi connectivity index (χ1) is 8.03. The van der Waals surface area contributed by atoms with Crippen LogP contribution < -0.4 is 5.46 Å². The van der Waals surface area contributed by atoms with Gasteiger partial charge in [-0.1, -0.05) is 26.0 Å². The maximum atomic E-state index is 13.4. The van der Waals surface area contributed by atoms with E-state index >= 15 is 0 Å². The van der Waals surface area contributed by atoms with Gasteiger partial charge in [-0.05, 0) is 6.07 Å². The third-order valence-corrected chi connectivity index (χ3v) is 2.66. The number of rotatable bonds is 1. The molecule has 0 atom stereocenters. The maximum absolute atomic E-state index is 13.4. The Balaban J connectivity index is 2.25. The van der Waals surface area contributed by atoms with Gasteiger partial charge < -0.3 is 9.31 Å². The van der Waals surface area contributed by atoms with Gasteiger partial charge in [-0.25, -0.2) is 4.39 Å². The van der Waals surface area contributed by atoms with Crippen molar-refractivity contribution in [3.63, 3.8) is 0 Å². The third kappa shape index (κ3) is 2.49. The topological polar surface area (TPSA) is 42.2 Å². The second-order valence-corrected chi connectivity index (χ2v) is 4.93. The fraction of sp³-hybridized carbons (Fsp3) is 0.417. The Morgan fingerprint density at radius 2 is 2.00 bits per heavy atom. The Morgan fingerprint density at radius 3 is 2.59 bits per heavy atom. The van der Waals surface area contributed by atoms with Gasteiger partial charge in [-0.2, -0.15) is 5.26 Å². The van der Waals surface area contributed by atoms with Crippen LogP contribution in [0.1, 0.15) is 19.4 Å². The van der Waals surface area contributed by atoms with Crippen molar-refractivity contribution in [3.8, 4) is 6.07 Å². The predicted octanol–water partition coefficient (Wildman–Crippen LogP) is 1.47. The Hall–Kier alpha value is -1.38. The molecule has 5 heteroatoms. The first-order valence-electron chi connectivity index (χ1n) is 5.45. The highest BCUT2D eigenvalue weighted by Gasteiger charge is 2.35. The van der Waals surface area contributed by atoms with Crippen molar-refractivity contribution in [2.45, 2.75) is 13.8 Å². The van der Waals surface area contributed by atoms with Crippen LogP contribution in [-0.4, -0.2) is 20.3 Å². The molecule has 1 aliphatic rings. The van der Waals surface area contributed by atoms with E-state index in [2.05, 4.69) is 0 Å². The highest BCUT2D eigenvalue weighted by atomic mass is 19.1. The van der Waals surface area contributed by atoms with Gasteiger partial charge in [0.25, 0.3) is 0 Å². The van der Waals surface area contributed by atoms with Crippen LogP contribution in [0.15, 0.2) is 18.2 Å². The van der Waals surface area contributed by atoms with Gasteiger partial charge in [-0.3, -0.25) is 0 Å². The van der Waals surface area contributed by atoms with Crippen LogP contribution in [0.2, 0.25) is 0 Å². The van der Waals surface area contributed by atoms with Gasteiger partial charge in [0, 0.05) is 24.1 Å². The second kappa shape index (κ2) is 4.48. The normalized spacial score (nSPS) is 18.8. The van der Waals surface area contributed by atoms with Gasteiger partial charge in [0.2, 0.25) is 0 Å². The monoisotopic (exact) mass is 233 g/mol. The summed E-state index contributed by atoms with van der Waals surface area (Å²) in [7, 11) is -0.645. The first kappa shape index (κ1) is 12.1. The molecule has 0 aliphatic carbocycles. The lowest BCUT2D eigenvalue weighted by atomic mass is 9.73. The summed E-state index contributed by atoms with van der Waals surface area (Å²) in [6.07, 6.45) is 0. The van der Waals surface area contributed by atoms with Crippen LogP contribution in [0.3, 0.4) is 0 Å². The SMILES string of the molecule is CC1(C)COB(c2cccc(F)c2C#N)OC1. The van der Waals surface area contributed by atoms with E-state index in [0.717, 1.165) is 0 Å². The molecule has 0 unspecified atom stereocenters. The summed E-state index contributed by atoms with van der Waals surface area (Å²) in [4.78, 5) is 0. The number of nitriles is 1. The Bertz CT molecular complexity index is 460. The average Bonchev–Trinajstić information content (AvgIpc) is 2.29. The van der Waals surface area contributed by atoms with E-state index in [1.165, 1.54) is 6.07 Å². The molecule has 1 aromatic rings. The Morgan fingerprint density at radius 1 is 1.35 bits per heavy atom. The molecular formula is C12H13BFNO2. The molecule has 0 aromatic heterocycles. The van der Waals surface area contributed by atoms with Gasteiger partial charge in [0.15, 0.2) is 0 Å². The van der Waals surface area contributed by atoms with Gasteiger partial charge in [0.1, 0.15) is 11.9 Å². The smallest absolute Gasteiger partial charge is 0.407 e. The summed E-state index contributed by atoms with van der Waals surface area (Å²) >= 11 is 0. The number of hydrogen-bond acceptors (Lipinski definition) is 3. The number of hydrogen-bond donors (Lipinski definition) is 0. The van der Waals surface area contributed by atoms with Crippen molar-refractivity contribution in [1.82, 2.24) is 0 Å². The highest BCUT2D eigenvalue weighted by Crippen LogP contribution is 2.21. The van der Waals surface area contributed by atoms with E-state index in [9.17, 15) is 4.39 Å². The lowest BCUT2D eigenvalue weighted by Crippen LogP contribution is -2.48. The predicted molar refractivity (Wildman–Crippen MR) is 62.2 cm³/mol. The molecule has 0 saturated carbocycles. The maximum Gasteiger partial charge on any atom is 0.495 e. The van der Waals surface area contributed by atoms with Crippen LogP contribution in [0.4, 0.5) is 4.39 Å². The van der Waals surface area contributed by atoms with Crippen LogP contribution >= 0.6 is 0 Å². The van der Waals surface area contributed by atoms with Crippen molar-refractivity contribution >= 4 is 12.6 Å². The molecule has 0 bridgehead atoms.